The average molecular weight is 323 g/mol. The van der Waals surface area contributed by atoms with Gasteiger partial charge < -0.3 is 20.1 Å². The van der Waals surface area contributed by atoms with E-state index in [2.05, 4.69) is 20.2 Å². The molecule has 8 heteroatoms. The van der Waals surface area contributed by atoms with Crippen molar-refractivity contribution >= 4 is 5.69 Å². The lowest BCUT2D eigenvalue weighted by atomic mass is 10.0. The van der Waals surface area contributed by atoms with Gasteiger partial charge in [0.1, 0.15) is 5.60 Å². The molecule has 1 aromatic rings. The van der Waals surface area contributed by atoms with Gasteiger partial charge >= 0.3 is 0 Å². The predicted molar refractivity (Wildman–Crippen MR) is 86.8 cm³/mol. The van der Waals surface area contributed by atoms with Crippen LogP contribution in [-0.2, 0) is 11.8 Å². The second kappa shape index (κ2) is 6.96. The zero-order chi connectivity index (χ0) is 16.3. The van der Waals surface area contributed by atoms with Gasteiger partial charge in [0.2, 0.25) is 0 Å². The van der Waals surface area contributed by atoms with E-state index in [0.29, 0.717) is 26.3 Å². The first-order valence-electron chi connectivity index (χ1n) is 8.07. The number of hydrogen-bond donors (Lipinski definition) is 2. The van der Waals surface area contributed by atoms with E-state index in [9.17, 15) is 9.90 Å². The van der Waals surface area contributed by atoms with Gasteiger partial charge in [-0.25, -0.2) is 4.68 Å². The summed E-state index contributed by atoms with van der Waals surface area (Å²) in [5, 5.41) is 17.9. The van der Waals surface area contributed by atoms with Crippen molar-refractivity contribution in [3.05, 3.63) is 22.6 Å². The second-order valence-corrected chi connectivity index (χ2v) is 6.39. The lowest BCUT2D eigenvalue weighted by Crippen LogP contribution is -2.56. The van der Waals surface area contributed by atoms with Gasteiger partial charge in [0, 0.05) is 58.9 Å². The minimum atomic E-state index is -0.830. The highest BCUT2D eigenvalue weighted by atomic mass is 16.5. The smallest absolute Gasteiger partial charge is 0.268 e. The molecule has 2 N–H and O–H groups in total. The van der Waals surface area contributed by atoms with Gasteiger partial charge in [-0.1, -0.05) is 0 Å². The largest absolute Gasteiger partial charge is 0.385 e. The van der Waals surface area contributed by atoms with Crippen LogP contribution in [0.15, 0.2) is 17.1 Å². The van der Waals surface area contributed by atoms with Crippen molar-refractivity contribution in [1.82, 2.24) is 20.0 Å². The number of aromatic nitrogens is 2. The van der Waals surface area contributed by atoms with Crippen LogP contribution in [0.1, 0.15) is 0 Å². The van der Waals surface area contributed by atoms with E-state index < -0.39 is 5.60 Å². The van der Waals surface area contributed by atoms with E-state index in [1.165, 1.54) is 4.68 Å². The molecule has 0 aliphatic carbocycles. The van der Waals surface area contributed by atoms with Gasteiger partial charge in [-0.15, -0.1) is 0 Å². The van der Waals surface area contributed by atoms with Crippen molar-refractivity contribution in [2.75, 3.05) is 63.9 Å². The number of rotatable bonds is 3. The van der Waals surface area contributed by atoms with E-state index >= 15 is 0 Å². The van der Waals surface area contributed by atoms with Gasteiger partial charge in [0.05, 0.1) is 25.1 Å². The number of nitrogens with zero attached hydrogens (tertiary/aromatic N) is 4. The Bertz CT molecular complexity index is 575. The van der Waals surface area contributed by atoms with Gasteiger partial charge in [-0.3, -0.25) is 9.69 Å². The van der Waals surface area contributed by atoms with Crippen molar-refractivity contribution in [2.24, 2.45) is 7.05 Å². The Kier molecular flexibility index (Phi) is 4.96. The summed E-state index contributed by atoms with van der Waals surface area (Å²) in [6.45, 7) is 6.29. The Morgan fingerprint density at radius 1 is 1.39 bits per heavy atom. The maximum absolute atomic E-state index is 11.7. The maximum atomic E-state index is 11.7. The Balaban J connectivity index is 1.55. The first-order chi connectivity index (χ1) is 11.1. The van der Waals surface area contributed by atoms with Gasteiger partial charge in [0.15, 0.2) is 0 Å². The molecule has 23 heavy (non-hydrogen) atoms. The second-order valence-electron chi connectivity index (χ2n) is 6.39. The molecule has 0 amide bonds. The molecule has 2 saturated heterocycles. The molecule has 0 saturated carbocycles. The Hall–Kier alpha value is -1.48. The van der Waals surface area contributed by atoms with E-state index in [1.807, 2.05) is 0 Å². The maximum Gasteiger partial charge on any atom is 0.268 e. The normalized spacial score (nSPS) is 27.0. The molecule has 2 aliphatic rings. The Labute approximate surface area is 135 Å². The standard InChI is InChI=1S/C15H25N5O3/c1-18-14(21)8-13(9-17-18)20-5-3-19(4-6-20)11-15(22)10-16-2-7-23-12-15/h8-9,16,22H,2-7,10-12H2,1H3/t15-/m0/s1. The summed E-state index contributed by atoms with van der Waals surface area (Å²) >= 11 is 0. The van der Waals surface area contributed by atoms with Crippen LogP contribution in [-0.4, -0.2) is 84.4 Å². The fourth-order valence-corrected chi connectivity index (χ4v) is 3.09. The van der Waals surface area contributed by atoms with E-state index in [-0.39, 0.29) is 5.56 Å². The lowest BCUT2D eigenvalue weighted by molar-refractivity contribution is -0.0495. The molecule has 2 fully saturated rings. The summed E-state index contributed by atoms with van der Waals surface area (Å²) < 4.78 is 6.80. The fourth-order valence-electron chi connectivity index (χ4n) is 3.09. The minimum Gasteiger partial charge on any atom is -0.385 e. The first kappa shape index (κ1) is 16.4. The molecule has 0 aromatic carbocycles. The molecule has 0 radical (unpaired) electrons. The van der Waals surface area contributed by atoms with Crippen LogP contribution in [0.2, 0.25) is 0 Å². The highest BCUT2D eigenvalue weighted by Crippen LogP contribution is 2.16. The molecule has 3 heterocycles. The van der Waals surface area contributed by atoms with Crippen LogP contribution in [0.25, 0.3) is 0 Å². The third kappa shape index (κ3) is 4.08. The average Bonchev–Trinajstić information content (AvgIpc) is 2.75. The van der Waals surface area contributed by atoms with E-state index in [0.717, 1.165) is 38.4 Å². The van der Waals surface area contributed by atoms with Gasteiger partial charge in [0.25, 0.3) is 5.56 Å². The van der Waals surface area contributed by atoms with Crippen LogP contribution in [0.3, 0.4) is 0 Å². The molecule has 0 bridgehead atoms. The van der Waals surface area contributed by atoms with Crippen molar-refractivity contribution in [2.45, 2.75) is 5.60 Å². The number of aliphatic hydroxyl groups is 1. The molecule has 0 unspecified atom stereocenters. The molecule has 2 aliphatic heterocycles. The Morgan fingerprint density at radius 2 is 2.17 bits per heavy atom. The first-order valence-corrected chi connectivity index (χ1v) is 8.07. The van der Waals surface area contributed by atoms with Crippen molar-refractivity contribution in [1.29, 1.82) is 0 Å². The van der Waals surface area contributed by atoms with Crippen LogP contribution in [0.4, 0.5) is 5.69 Å². The number of β-amino-alcohol motifs (C(OH)–C–C–N with tert-alkyl or cyclic N) is 1. The van der Waals surface area contributed by atoms with Gasteiger partial charge in [-0.05, 0) is 0 Å². The van der Waals surface area contributed by atoms with Crippen LogP contribution in [0, 0.1) is 0 Å². The summed E-state index contributed by atoms with van der Waals surface area (Å²) in [6.07, 6.45) is 1.73. The van der Waals surface area contributed by atoms with Crippen LogP contribution < -0.4 is 15.8 Å². The van der Waals surface area contributed by atoms with E-state index in [4.69, 9.17) is 4.74 Å². The predicted octanol–water partition coefficient (Wildman–Crippen LogP) is -1.75. The number of ether oxygens (including phenoxy) is 1. The monoisotopic (exact) mass is 323 g/mol. The third-order valence-corrected chi connectivity index (χ3v) is 4.46. The zero-order valence-corrected chi connectivity index (χ0v) is 13.6. The molecular weight excluding hydrogens is 298 g/mol. The van der Waals surface area contributed by atoms with E-state index in [1.54, 1.807) is 19.3 Å². The highest BCUT2D eigenvalue weighted by molar-refractivity contribution is 5.43. The summed E-state index contributed by atoms with van der Waals surface area (Å²) in [5.41, 5.74) is -0.0602. The molecule has 1 aromatic heterocycles. The molecule has 128 valence electrons. The summed E-state index contributed by atoms with van der Waals surface area (Å²) in [7, 11) is 1.65. The SMILES string of the molecule is Cn1ncc(N2CCN(C[C@@]3(O)CNCCOC3)CC2)cc1=O. The molecule has 8 nitrogen and oxygen atoms in total. The van der Waals surface area contributed by atoms with Crippen molar-refractivity contribution < 1.29 is 9.84 Å². The summed E-state index contributed by atoms with van der Waals surface area (Å²) in [4.78, 5) is 16.1. The quantitative estimate of drug-likeness (QED) is 0.683. The third-order valence-electron chi connectivity index (χ3n) is 4.46. The van der Waals surface area contributed by atoms with Crippen LogP contribution >= 0.6 is 0 Å². The number of aryl methyl sites for hydroxylation is 1. The molecule has 1 atom stereocenters. The summed E-state index contributed by atoms with van der Waals surface area (Å²) in [6, 6.07) is 1.62. The lowest BCUT2D eigenvalue weighted by Gasteiger charge is -2.39. The fraction of sp³-hybridized carbons (Fsp3) is 0.733. The summed E-state index contributed by atoms with van der Waals surface area (Å²) in [5.74, 6) is 0. The Morgan fingerprint density at radius 3 is 2.91 bits per heavy atom. The molecular formula is C15H25N5O3. The van der Waals surface area contributed by atoms with Gasteiger partial charge in [-0.2, -0.15) is 5.10 Å². The zero-order valence-electron chi connectivity index (χ0n) is 13.6. The number of nitrogens with one attached hydrogen (secondary N) is 1. The number of hydrogen-bond acceptors (Lipinski definition) is 7. The topological polar surface area (TPSA) is 82.9 Å². The van der Waals surface area contributed by atoms with Crippen molar-refractivity contribution in [3.63, 3.8) is 0 Å². The highest BCUT2D eigenvalue weighted by Gasteiger charge is 2.32. The molecule has 3 rings (SSSR count). The molecule has 0 spiro atoms. The van der Waals surface area contributed by atoms with Crippen LogP contribution in [0.5, 0.6) is 0 Å². The van der Waals surface area contributed by atoms with Crippen molar-refractivity contribution in [3.8, 4) is 0 Å². The number of piperazine rings is 1. The number of anilines is 1. The minimum absolute atomic E-state index is 0.0964.